The van der Waals surface area contributed by atoms with Gasteiger partial charge in [0, 0.05) is 12.4 Å². The van der Waals surface area contributed by atoms with Crippen LogP contribution in [0.15, 0.2) is 42.7 Å². The fourth-order valence-electron chi connectivity index (χ4n) is 2.01. The Morgan fingerprint density at radius 1 is 1.29 bits per heavy atom. The summed E-state index contributed by atoms with van der Waals surface area (Å²) in [6.07, 6.45) is 3.57. The molecule has 0 bridgehead atoms. The molecule has 17 heavy (non-hydrogen) atoms. The normalized spacial score (nSPS) is 12.4. The van der Waals surface area contributed by atoms with Crippen molar-refractivity contribution < 1.29 is 4.39 Å². The number of nitrogens with one attached hydrogen (secondary N) is 1. The number of aryl methyl sites for hydroxylation is 1. The number of aromatic nitrogens is 1. The average molecular weight is 230 g/mol. The molecule has 0 amide bonds. The lowest BCUT2D eigenvalue weighted by Crippen LogP contribution is -2.18. The quantitative estimate of drug-likeness (QED) is 0.877. The van der Waals surface area contributed by atoms with E-state index in [-0.39, 0.29) is 11.9 Å². The molecular weight excluding hydrogens is 215 g/mol. The Balaban J connectivity index is 2.42. The Morgan fingerprint density at radius 2 is 2.12 bits per heavy atom. The summed E-state index contributed by atoms with van der Waals surface area (Å²) < 4.78 is 13.1. The smallest absolute Gasteiger partial charge is 0.123 e. The van der Waals surface area contributed by atoms with E-state index < -0.39 is 0 Å². The third-order valence-corrected chi connectivity index (χ3v) is 2.85. The minimum atomic E-state index is -0.202. The lowest BCUT2D eigenvalue weighted by Gasteiger charge is -2.19. The molecule has 0 saturated carbocycles. The Morgan fingerprint density at radius 3 is 2.71 bits per heavy atom. The molecule has 0 spiro atoms. The summed E-state index contributed by atoms with van der Waals surface area (Å²) in [7, 11) is 1.89. The first-order chi connectivity index (χ1) is 8.22. The number of rotatable bonds is 3. The van der Waals surface area contributed by atoms with Gasteiger partial charge in [0.25, 0.3) is 0 Å². The zero-order chi connectivity index (χ0) is 12.3. The maximum atomic E-state index is 13.1. The lowest BCUT2D eigenvalue weighted by atomic mass is 9.96. The van der Waals surface area contributed by atoms with Crippen LogP contribution >= 0.6 is 0 Å². The molecule has 3 heteroatoms. The predicted octanol–water partition coefficient (Wildman–Crippen LogP) is 2.84. The first-order valence-electron chi connectivity index (χ1n) is 5.55. The van der Waals surface area contributed by atoms with E-state index in [9.17, 15) is 4.39 Å². The highest BCUT2D eigenvalue weighted by Gasteiger charge is 2.14. The third-order valence-electron chi connectivity index (χ3n) is 2.85. The van der Waals surface area contributed by atoms with Gasteiger partial charge in [-0.2, -0.15) is 0 Å². The highest BCUT2D eigenvalue weighted by Crippen LogP contribution is 2.24. The SMILES string of the molecule is CNC(c1cccnc1)c1ccc(F)cc1C. The summed E-state index contributed by atoms with van der Waals surface area (Å²) >= 11 is 0. The summed E-state index contributed by atoms with van der Waals surface area (Å²) in [6.45, 7) is 1.92. The summed E-state index contributed by atoms with van der Waals surface area (Å²) in [6, 6.07) is 8.82. The Labute approximate surface area is 101 Å². The van der Waals surface area contributed by atoms with Gasteiger partial charge in [-0.25, -0.2) is 4.39 Å². The Hall–Kier alpha value is -1.74. The molecule has 0 aliphatic heterocycles. The summed E-state index contributed by atoms with van der Waals surface area (Å²) in [5, 5.41) is 3.23. The van der Waals surface area contributed by atoms with Crippen molar-refractivity contribution in [3.63, 3.8) is 0 Å². The minimum absolute atomic E-state index is 0.0456. The summed E-state index contributed by atoms with van der Waals surface area (Å²) in [4.78, 5) is 4.11. The first-order valence-corrected chi connectivity index (χ1v) is 5.55. The summed E-state index contributed by atoms with van der Waals surface area (Å²) in [5.74, 6) is -0.202. The minimum Gasteiger partial charge on any atom is -0.309 e. The molecule has 0 saturated heterocycles. The van der Waals surface area contributed by atoms with Crippen LogP contribution in [0.25, 0.3) is 0 Å². The van der Waals surface area contributed by atoms with E-state index >= 15 is 0 Å². The van der Waals surface area contributed by atoms with Crippen LogP contribution < -0.4 is 5.32 Å². The van der Waals surface area contributed by atoms with E-state index in [0.717, 1.165) is 16.7 Å². The molecule has 0 aliphatic carbocycles. The highest BCUT2D eigenvalue weighted by atomic mass is 19.1. The molecule has 0 aliphatic rings. The average Bonchev–Trinajstić information content (AvgIpc) is 2.34. The van der Waals surface area contributed by atoms with Gasteiger partial charge >= 0.3 is 0 Å². The highest BCUT2D eigenvalue weighted by molar-refractivity contribution is 5.36. The molecule has 1 atom stereocenters. The van der Waals surface area contributed by atoms with Gasteiger partial charge in [0.15, 0.2) is 0 Å². The predicted molar refractivity (Wildman–Crippen MR) is 66.3 cm³/mol. The van der Waals surface area contributed by atoms with Crippen LogP contribution in [0, 0.1) is 12.7 Å². The third kappa shape index (κ3) is 2.50. The van der Waals surface area contributed by atoms with Crippen LogP contribution in [0.3, 0.4) is 0 Å². The fourth-order valence-corrected chi connectivity index (χ4v) is 2.01. The molecule has 1 heterocycles. The molecule has 2 aromatic rings. The number of hydrogen-bond donors (Lipinski definition) is 1. The number of halogens is 1. The molecule has 1 aromatic carbocycles. The molecule has 0 fully saturated rings. The molecule has 1 N–H and O–H groups in total. The maximum absolute atomic E-state index is 13.1. The lowest BCUT2D eigenvalue weighted by molar-refractivity contribution is 0.621. The van der Waals surface area contributed by atoms with Crippen molar-refractivity contribution in [2.45, 2.75) is 13.0 Å². The molecule has 2 rings (SSSR count). The van der Waals surface area contributed by atoms with Crippen molar-refractivity contribution in [2.75, 3.05) is 7.05 Å². The van der Waals surface area contributed by atoms with E-state index in [2.05, 4.69) is 10.3 Å². The van der Waals surface area contributed by atoms with Crippen molar-refractivity contribution in [3.05, 3.63) is 65.2 Å². The van der Waals surface area contributed by atoms with Gasteiger partial charge in [0.1, 0.15) is 5.82 Å². The molecule has 1 aromatic heterocycles. The number of hydrogen-bond acceptors (Lipinski definition) is 2. The van der Waals surface area contributed by atoms with Crippen molar-refractivity contribution in [3.8, 4) is 0 Å². The fraction of sp³-hybridized carbons (Fsp3) is 0.214. The van der Waals surface area contributed by atoms with Crippen molar-refractivity contribution in [2.24, 2.45) is 0 Å². The van der Waals surface area contributed by atoms with E-state index in [1.807, 2.05) is 38.4 Å². The van der Waals surface area contributed by atoms with Crippen LogP contribution in [0.4, 0.5) is 4.39 Å². The maximum Gasteiger partial charge on any atom is 0.123 e. The van der Waals surface area contributed by atoms with E-state index in [0.29, 0.717) is 0 Å². The second-order valence-electron chi connectivity index (χ2n) is 4.01. The van der Waals surface area contributed by atoms with Gasteiger partial charge < -0.3 is 5.32 Å². The largest absolute Gasteiger partial charge is 0.309 e. The Kier molecular flexibility index (Phi) is 3.49. The van der Waals surface area contributed by atoms with Crippen molar-refractivity contribution in [1.82, 2.24) is 10.3 Å². The van der Waals surface area contributed by atoms with Gasteiger partial charge in [-0.3, -0.25) is 4.98 Å². The van der Waals surface area contributed by atoms with Crippen LogP contribution in [0.1, 0.15) is 22.7 Å². The summed E-state index contributed by atoms with van der Waals surface area (Å²) in [5.41, 5.74) is 3.08. The van der Waals surface area contributed by atoms with E-state index in [4.69, 9.17) is 0 Å². The number of benzene rings is 1. The second-order valence-corrected chi connectivity index (χ2v) is 4.01. The number of nitrogens with zero attached hydrogens (tertiary/aromatic N) is 1. The monoisotopic (exact) mass is 230 g/mol. The van der Waals surface area contributed by atoms with Gasteiger partial charge in [-0.15, -0.1) is 0 Å². The van der Waals surface area contributed by atoms with Gasteiger partial charge in [-0.05, 0) is 48.9 Å². The number of pyridine rings is 1. The van der Waals surface area contributed by atoms with Crippen molar-refractivity contribution in [1.29, 1.82) is 0 Å². The van der Waals surface area contributed by atoms with Gasteiger partial charge in [0.05, 0.1) is 6.04 Å². The van der Waals surface area contributed by atoms with Crippen molar-refractivity contribution >= 4 is 0 Å². The van der Waals surface area contributed by atoms with E-state index in [1.165, 1.54) is 6.07 Å². The van der Waals surface area contributed by atoms with Crippen LogP contribution in [0.5, 0.6) is 0 Å². The molecule has 0 radical (unpaired) electrons. The zero-order valence-electron chi connectivity index (χ0n) is 9.94. The van der Waals surface area contributed by atoms with E-state index in [1.54, 1.807) is 12.3 Å². The van der Waals surface area contributed by atoms with Crippen LogP contribution in [0.2, 0.25) is 0 Å². The van der Waals surface area contributed by atoms with Gasteiger partial charge in [-0.1, -0.05) is 12.1 Å². The Bertz CT molecular complexity index is 497. The molecule has 1 unspecified atom stereocenters. The zero-order valence-corrected chi connectivity index (χ0v) is 9.94. The van der Waals surface area contributed by atoms with Crippen LogP contribution in [-0.4, -0.2) is 12.0 Å². The second kappa shape index (κ2) is 5.06. The van der Waals surface area contributed by atoms with Gasteiger partial charge in [0.2, 0.25) is 0 Å². The first kappa shape index (κ1) is 11.7. The topological polar surface area (TPSA) is 24.9 Å². The molecule has 2 nitrogen and oxygen atoms in total. The standard InChI is InChI=1S/C14H15FN2/c1-10-8-12(15)5-6-13(10)14(16-2)11-4-3-7-17-9-11/h3-9,14,16H,1-2H3. The van der Waals surface area contributed by atoms with Crippen LogP contribution in [-0.2, 0) is 0 Å². The molecular formula is C14H15FN2. The molecule has 88 valence electrons.